The van der Waals surface area contributed by atoms with Crippen LogP contribution in [0.15, 0.2) is 24.3 Å². The van der Waals surface area contributed by atoms with Crippen LogP contribution in [-0.4, -0.2) is 25.3 Å². The number of para-hydroxylation sites is 2. The van der Waals surface area contributed by atoms with Gasteiger partial charge in [0.25, 0.3) is 0 Å². The van der Waals surface area contributed by atoms with Gasteiger partial charge in [0.15, 0.2) is 11.5 Å². The number of rotatable bonds is 8. The van der Waals surface area contributed by atoms with Gasteiger partial charge in [-0.15, -0.1) is 0 Å². The van der Waals surface area contributed by atoms with Gasteiger partial charge in [-0.1, -0.05) is 19.1 Å². The third kappa shape index (κ3) is 3.63. The molecule has 0 aliphatic heterocycles. The van der Waals surface area contributed by atoms with Gasteiger partial charge in [-0.25, -0.2) is 0 Å². The van der Waals surface area contributed by atoms with E-state index in [4.69, 9.17) is 9.47 Å². The molecule has 106 valence electrons. The predicted molar refractivity (Wildman–Crippen MR) is 78.0 cm³/mol. The average molecular weight is 263 g/mol. The van der Waals surface area contributed by atoms with Crippen LogP contribution >= 0.6 is 0 Å². The second-order valence-electron chi connectivity index (χ2n) is 5.12. The molecule has 0 bridgehead atoms. The predicted octanol–water partition coefficient (Wildman–Crippen LogP) is 3.39. The van der Waals surface area contributed by atoms with Crippen LogP contribution in [-0.2, 0) is 0 Å². The van der Waals surface area contributed by atoms with Gasteiger partial charge in [0.1, 0.15) is 5.60 Å². The minimum absolute atomic E-state index is 0.0232. The Labute approximate surface area is 116 Å². The van der Waals surface area contributed by atoms with E-state index in [1.807, 2.05) is 31.2 Å². The monoisotopic (exact) mass is 263 g/mol. The molecule has 0 unspecified atom stereocenters. The van der Waals surface area contributed by atoms with E-state index in [2.05, 4.69) is 12.2 Å². The summed E-state index contributed by atoms with van der Waals surface area (Å²) >= 11 is 0. The Morgan fingerprint density at radius 3 is 2.47 bits per heavy atom. The van der Waals surface area contributed by atoms with Crippen molar-refractivity contribution in [1.29, 1.82) is 0 Å². The number of ether oxygens (including phenoxy) is 2. The van der Waals surface area contributed by atoms with E-state index in [0.717, 1.165) is 43.9 Å². The first-order chi connectivity index (χ1) is 9.29. The Bertz CT molecular complexity index is 388. The second kappa shape index (κ2) is 6.80. The Kier molecular flexibility index (Phi) is 5.08. The summed E-state index contributed by atoms with van der Waals surface area (Å²) in [4.78, 5) is 0. The van der Waals surface area contributed by atoms with Crippen molar-refractivity contribution in [3.8, 4) is 11.5 Å². The highest BCUT2D eigenvalue weighted by molar-refractivity contribution is 5.40. The van der Waals surface area contributed by atoms with Gasteiger partial charge in [0, 0.05) is 0 Å². The summed E-state index contributed by atoms with van der Waals surface area (Å²) < 4.78 is 11.9. The lowest BCUT2D eigenvalue weighted by Crippen LogP contribution is -2.45. The molecule has 1 aromatic carbocycles. The van der Waals surface area contributed by atoms with Crippen LogP contribution in [0.3, 0.4) is 0 Å². The zero-order chi connectivity index (χ0) is 13.6. The Morgan fingerprint density at radius 2 is 1.89 bits per heavy atom. The van der Waals surface area contributed by atoms with E-state index in [0.29, 0.717) is 6.61 Å². The van der Waals surface area contributed by atoms with Crippen molar-refractivity contribution in [3.05, 3.63) is 24.3 Å². The molecule has 1 aliphatic rings. The van der Waals surface area contributed by atoms with Crippen molar-refractivity contribution >= 4 is 0 Å². The number of nitrogens with one attached hydrogen (secondary N) is 1. The quantitative estimate of drug-likeness (QED) is 0.729. The summed E-state index contributed by atoms with van der Waals surface area (Å²) in [7, 11) is 0. The molecular weight excluding hydrogens is 238 g/mol. The van der Waals surface area contributed by atoms with Crippen LogP contribution in [0.5, 0.6) is 11.5 Å². The Hall–Kier alpha value is -1.22. The third-order valence-electron chi connectivity index (χ3n) is 3.75. The van der Waals surface area contributed by atoms with Crippen molar-refractivity contribution < 1.29 is 9.47 Å². The highest BCUT2D eigenvalue weighted by atomic mass is 16.5. The van der Waals surface area contributed by atoms with Crippen LogP contribution < -0.4 is 14.8 Å². The molecule has 3 nitrogen and oxygen atoms in total. The summed E-state index contributed by atoms with van der Waals surface area (Å²) in [5, 5.41) is 3.39. The molecule has 0 aromatic heterocycles. The summed E-state index contributed by atoms with van der Waals surface area (Å²) in [5.41, 5.74) is 0.0232. The van der Waals surface area contributed by atoms with Crippen molar-refractivity contribution in [1.82, 2.24) is 5.32 Å². The Morgan fingerprint density at radius 1 is 1.16 bits per heavy atom. The molecule has 1 aliphatic carbocycles. The van der Waals surface area contributed by atoms with Gasteiger partial charge >= 0.3 is 0 Å². The summed E-state index contributed by atoms with van der Waals surface area (Å²) in [6, 6.07) is 7.99. The molecule has 0 heterocycles. The lowest BCUT2D eigenvalue weighted by molar-refractivity contribution is -0.0162. The maximum absolute atomic E-state index is 6.30. The minimum Gasteiger partial charge on any atom is -0.490 e. The van der Waals surface area contributed by atoms with Gasteiger partial charge in [-0.3, -0.25) is 0 Å². The van der Waals surface area contributed by atoms with Crippen LogP contribution in [0.25, 0.3) is 0 Å². The highest BCUT2D eigenvalue weighted by Gasteiger charge is 2.39. The van der Waals surface area contributed by atoms with Gasteiger partial charge < -0.3 is 14.8 Å². The molecule has 19 heavy (non-hydrogen) atoms. The van der Waals surface area contributed by atoms with E-state index in [1.54, 1.807) is 0 Å². The standard InChI is InChI=1S/C16H25NO2/c1-3-17-13-12-16(10-7-11-16)19-15-9-6-5-8-14(15)18-4-2/h5-6,8-9,17H,3-4,7,10-13H2,1-2H3. The van der Waals surface area contributed by atoms with Crippen molar-refractivity contribution in [2.75, 3.05) is 19.7 Å². The molecule has 0 saturated heterocycles. The maximum atomic E-state index is 6.30. The molecule has 3 heteroatoms. The van der Waals surface area contributed by atoms with E-state index in [1.165, 1.54) is 6.42 Å². The first kappa shape index (κ1) is 14.2. The van der Waals surface area contributed by atoms with Crippen molar-refractivity contribution in [2.45, 2.75) is 45.1 Å². The lowest BCUT2D eigenvalue weighted by atomic mass is 9.77. The highest BCUT2D eigenvalue weighted by Crippen LogP contribution is 2.41. The molecule has 2 rings (SSSR count). The molecule has 0 atom stereocenters. The normalized spacial score (nSPS) is 16.7. The molecular formula is C16H25NO2. The van der Waals surface area contributed by atoms with E-state index < -0.39 is 0 Å². The first-order valence-electron chi connectivity index (χ1n) is 7.41. The lowest BCUT2D eigenvalue weighted by Gasteiger charge is -2.42. The maximum Gasteiger partial charge on any atom is 0.162 e. The molecule has 0 spiro atoms. The molecule has 1 fully saturated rings. The number of hydrogen-bond donors (Lipinski definition) is 1. The van der Waals surface area contributed by atoms with E-state index >= 15 is 0 Å². The Balaban J connectivity index is 2.01. The summed E-state index contributed by atoms with van der Waals surface area (Å²) in [6.07, 6.45) is 4.64. The van der Waals surface area contributed by atoms with Gasteiger partial charge in [0.2, 0.25) is 0 Å². The second-order valence-corrected chi connectivity index (χ2v) is 5.12. The zero-order valence-corrected chi connectivity index (χ0v) is 12.1. The number of benzene rings is 1. The minimum atomic E-state index is 0.0232. The largest absolute Gasteiger partial charge is 0.490 e. The van der Waals surface area contributed by atoms with Gasteiger partial charge in [-0.2, -0.15) is 0 Å². The molecule has 0 amide bonds. The van der Waals surface area contributed by atoms with Crippen molar-refractivity contribution in [3.63, 3.8) is 0 Å². The first-order valence-corrected chi connectivity index (χ1v) is 7.41. The average Bonchev–Trinajstić information content (AvgIpc) is 2.38. The van der Waals surface area contributed by atoms with Crippen molar-refractivity contribution in [2.24, 2.45) is 0 Å². The van der Waals surface area contributed by atoms with Crippen LogP contribution in [0, 0.1) is 0 Å². The van der Waals surface area contributed by atoms with Crippen LogP contribution in [0.1, 0.15) is 39.5 Å². The van der Waals surface area contributed by atoms with E-state index in [-0.39, 0.29) is 5.60 Å². The van der Waals surface area contributed by atoms with E-state index in [9.17, 15) is 0 Å². The SMILES string of the molecule is CCNCCC1(Oc2ccccc2OCC)CCC1. The zero-order valence-electron chi connectivity index (χ0n) is 12.1. The third-order valence-corrected chi connectivity index (χ3v) is 3.75. The fourth-order valence-electron chi connectivity index (χ4n) is 2.51. The smallest absolute Gasteiger partial charge is 0.162 e. The number of hydrogen-bond acceptors (Lipinski definition) is 3. The topological polar surface area (TPSA) is 30.5 Å². The summed E-state index contributed by atoms with van der Waals surface area (Å²) in [6.45, 7) is 6.85. The fourth-order valence-corrected chi connectivity index (χ4v) is 2.51. The summed E-state index contributed by atoms with van der Waals surface area (Å²) in [5.74, 6) is 1.75. The fraction of sp³-hybridized carbons (Fsp3) is 0.625. The van der Waals surface area contributed by atoms with Crippen LogP contribution in [0.4, 0.5) is 0 Å². The van der Waals surface area contributed by atoms with Gasteiger partial charge in [0.05, 0.1) is 6.61 Å². The molecule has 1 N–H and O–H groups in total. The van der Waals surface area contributed by atoms with Crippen LogP contribution in [0.2, 0.25) is 0 Å². The molecule has 0 radical (unpaired) electrons. The molecule has 1 saturated carbocycles. The van der Waals surface area contributed by atoms with Gasteiger partial charge in [-0.05, 0) is 57.8 Å². The molecule has 1 aromatic rings.